The number of rotatable bonds is 4. The number of hydrogen-bond donors (Lipinski definition) is 1. The van der Waals surface area contributed by atoms with Crippen LogP contribution in [0.25, 0.3) is 0 Å². The molecule has 72 valence electrons. The average Bonchev–Trinajstić information content (AvgIpc) is 2.08. The van der Waals surface area contributed by atoms with Crippen molar-refractivity contribution in [1.29, 1.82) is 0 Å². The first-order chi connectivity index (χ1) is 6.22. The number of aromatic nitrogens is 2. The van der Waals surface area contributed by atoms with Gasteiger partial charge in [0.1, 0.15) is 5.82 Å². The molecule has 4 heteroatoms. The van der Waals surface area contributed by atoms with Crippen LogP contribution in [-0.2, 0) is 13.0 Å². The first-order valence-electron chi connectivity index (χ1n) is 4.37. The van der Waals surface area contributed by atoms with E-state index in [1.807, 2.05) is 26.5 Å². The quantitative estimate of drug-likeness (QED) is 0.710. The minimum atomic E-state index is 0.604. The van der Waals surface area contributed by atoms with Crippen LogP contribution < -0.4 is 5.73 Å². The molecule has 0 aliphatic rings. The van der Waals surface area contributed by atoms with Gasteiger partial charge >= 0.3 is 0 Å². The van der Waals surface area contributed by atoms with Gasteiger partial charge < -0.3 is 10.6 Å². The van der Waals surface area contributed by atoms with Crippen molar-refractivity contribution in [2.75, 3.05) is 20.6 Å². The summed E-state index contributed by atoms with van der Waals surface area (Å²) in [6.45, 7) is 1.48. The molecule has 0 bridgehead atoms. The Balaban J connectivity index is 2.59. The van der Waals surface area contributed by atoms with Crippen LogP contribution in [0.5, 0.6) is 0 Å². The van der Waals surface area contributed by atoms with E-state index in [9.17, 15) is 0 Å². The lowest BCUT2D eigenvalue weighted by atomic mass is 10.3. The number of hydrogen-bond acceptors (Lipinski definition) is 4. The fourth-order valence-electron chi connectivity index (χ4n) is 1.09. The summed E-state index contributed by atoms with van der Waals surface area (Å²) in [5.74, 6) is 0.824. The molecule has 13 heavy (non-hydrogen) atoms. The van der Waals surface area contributed by atoms with Crippen LogP contribution in [0.2, 0.25) is 0 Å². The van der Waals surface area contributed by atoms with Crippen molar-refractivity contribution in [3.05, 3.63) is 23.8 Å². The Hall–Kier alpha value is -1.00. The second-order valence-electron chi connectivity index (χ2n) is 3.28. The summed E-state index contributed by atoms with van der Waals surface area (Å²) in [6.07, 6.45) is 4.47. The van der Waals surface area contributed by atoms with Gasteiger partial charge in [-0.05, 0) is 20.6 Å². The molecule has 0 atom stereocenters. The zero-order chi connectivity index (χ0) is 9.68. The highest BCUT2D eigenvalue weighted by Gasteiger charge is 1.97. The number of nitrogens with zero attached hydrogens (tertiary/aromatic N) is 3. The van der Waals surface area contributed by atoms with Crippen LogP contribution in [0.4, 0.5) is 0 Å². The van der Waals surface area contributed by atoms with Crippen LogP contribution in [0.3, 0.4) is 0 Å². The molecule has 1 aromatic heterocycles. The third-order valence-corrected chi connectivity index (χ3v) is 1.63. The van der Waals surface area contributed by atoms with Gasteiger partial charge in [0.05, 0.1) is 0 Å². The maximum Gasteiger partial charge on any atom is 0.129 e. The Bertz CT molecular complexity index is 242. The summed E-state index contributed by atoms with van der Waals surface area (Å²) in [4.78, 5) is 10.5. The van der Waals surface area contributed by atoms with Crippen LogP contribution in [0.15, 0.2) is 12.4 Å². The van der Waals surface area contributed by atoms with Gasteiger partial charge in [0.25, 0.3) is 0 Å². The van der Waals surface area contributed by atoms with E-state index < -0.39 is 0 Å². The molecule has 0 aliphatic carbocycles. The topological polar surface area (TPSA) is 55.0 Å². The summed E-state index contributed by atoms with van der Waals surface area (Å²) in [5, 5.41) is 0. The van der Waals surface area contributed by atoms with Crippen LogP contribution in [0, 0.1) is 0 Å². The molecule has 0 spiro atoms. The Kier molecular flexibility index (Phi) is 3.79. The predicted octanol–water partition coefficient (Wildman–Crippen LogP) is 0.0394. The molecule has 1 aromatic rings. The van der Waals surface area contributed by atoms with Crippen molar-refractivity contribution in [2.45, 2.75) is 13.0 Å². The van der Waals surface area contributed by atoms with Gasteiger partial charge in [0.2, 0.25) is 0 Å². The van der Waals surface area contributed by atoms with E-state index in [0.717, 1.165) is 24.4 Å². The highest BCUT2D eigenvalue weighted by Crippen LogP contribution is 1.98. The van der Waals surface area contributed by atoms with E-state index in [1.54, 1.807) is 0 Å². The average molecular weight is 180 g/mol. The van der Waals surface area contributed by atoms with E-state index in [0.29, 0.717) is 6.54 Å². The molecule has 0 aliphatic heterocycles. The SMILES string of the molecule is CN(C)Cc1cnc(CCN)nc1. The van der Waals surface area contributed by atoms with E-state index in [-0.39, 0.29) is 0 Å². The van der Waals surface area contributed by atoms with Crippen molar-refractivity contribution in [3.63, 3.8) is 0 Å². The molecule has 1 rings (SSSR count). The Morgan fingerprint density at radius 1 is 1.31 bits per heavy atom. The maximum atomic E-state index is 5.39. The zero-order valence-corrected chi connectivity index (χ0v) is 8.20. The zero-order valence-electron chi connectivity index (χ0n) is 8.20. The summed E-state index contributed by atoms with van der Waals surface area (Å²) in [7, 11) is 4.04. The fraction of sp³-hybridized carbons (Fsp3) is 0.556. The summed E-state index contributed by atoms with van der Waals surface area (Å²) >= 11 is 0. The predicted molar refractivity (Wildman–Crippen MR) is 52.2 cm³/mol. The van der Waals surface area contributed by atoms with E-state index in [1.165, 1.54) is 0 Å². The minimum Gasteiger partial charge on any atom is -0.330 e. The van der Waals surface area contributed by atoms with Gasteiger partial charge in [-0.15, -0.1) is 0 Å². The second kappa shape index (κ2) is 4.89. The van der Waals surface area contributed by atoms with Gasteiger partial charge in [-0.3, -0.25) is 0 Å². The summed E-state index contributed by atoms with van der Waals surface area (Å²) < 4.78 is 0. The first-order valence-corrected chi connectivity index (χ1v) is 4.37. The van der Waals surface area contributed by atoms with Crippen molar-refractivity contribution >= 4 is 0 Å². The normalized spacial score (nSPS) is 10.8. The molecular weight excluding hydrogens is 164 g/mol. The fourth-order valence-corrected chi connectivity index (χ4v) is 1.09. The highest BCUT2D eigenvalue weighted by molar-refractivity contribution is 5.04. The van der Waals surface area contributed by atoms with E-state index >= 15 is 0 Å². The van der Waals surface area contributed by atoms with Crippen molar-refractivity contribution < 1.29 is 0 Å². The second-order valence-corrected chi connectivity index (χ2v) is 3.28. The smallest absolute Gasteiger partial charge is 0.129 e. The molecule has 0 unspecified atom stereocenters. The van der Waals surface area contributed by atoms with Crippen molar-refractivity contribution in [1.82, 2.24) is 14.9 Å². The first kappa shape index (κ1) is 10.1. The Morgan fingerprint density at radius 2 is 1.92 bits per heavy atom. The minimum absolute atomic E-state index is 0.604. The van der Waals surface area contributed by atoms with Gasteiger partial charge in [-0.1, -0.05) is 0 Å². The molecule has 0 saturated heterocycles. The number of nitrogens with two attached hydrogens (primary N) is 1. The van der Waals surface area contributed by atoms with Crippen LogP contribution in [0.1, 0.15) is 11.4 Å². The van der Waals surface area contributed by atoms with Gasteiger partial charge in [0.15, 0.2) is 0 Å². The van der Waals surface area contributed by atoms with Gasteiger partial charge in [-0.2, -0.15) is 0 Å². The molecule has 0 amide bonds. The van der Waals surface area contributed by atoms with Crippen LogP contribution in [-0.4, -0.2) is 35.5 Å². The monoisotopic (exact) mass is 180 g/mol. The lowest BCUT2D eigenvalue weighted by Gasteiger charge is -2.08. The molecule has 0 aromatic carbocycles. The third kappa shape index (κ3) is 3.48. The highest BCUT2D eigenvalue weighted by atomic mass is 15.1. The lowest BCUT2D eigenvalue weighted by molar-refractivity contribution is 0.401. The van der Waals surface area contributed by atoms with E-state index in [4.69, 9.17) is 5.73 Å². The molecule has 4 nitrogen and oxygen atoms in total. The van der Waals surface area contributed by atoms with Crippen molar-refractivity contribution in [2.24, 2.45) is 5.73 Å². The lowest BCUT2D eigenvalue weighted by Crippen LogP contribution is -2.12. The summed E-state index contributed by atoms with van der Waals surface area (Å²) in [6, 6.07) is 0. The maximum absolute atomic E-state index is 5.39. The molecule has 1 heterocycles. The molecule has 0 fully saturated rings. The Morgan fingerprint density at radius 3 is 2.38 bits per heavy atom. The van der Waals surface area contributed by atoms with Crippen LogP contribution >= 0.6 is 0 Å². The van der Waals surface area contributed by atoms with Gasteiger partial charge in [-0.25, -0.2) is 9.97 Å². The molecule has 0 saturated carbocycles. The Labute approximate surface area is 78.8 Å². The van der Waals surface area contributed by atoms with Crippen molar-refractivity contribution in [3.8, 4) is 0 Å². The third-order valence-electron chi connectivity index (χ3n) is 1.63. The van der Waals surface area contributed by atoms with E-state index in [2.05, 4.69) is 14.9 Å². The standard InChI is InChI=1S/C9H16N4/c1-13(2)7-8-5-11-9(3-4-10)12-6-8/h5-6H,3-4,7,10H2,1-2H3. The summed E-state index contributed by atoms with van der Waals surface area (Å²) in [5.41, 5.74) is 6.52. The molecule has 2 N–H and O–H groups in total. The largest absolute Gasteiger partial charge is 0.330 e. The molecule has 0 radical (unpaired) electrons. The molecular formula is C9H16N4. The van der Waals surface area contributed by atoms with Gasteiger partial charge in [0, 0.05) is 30.9 Å².